The first-order chi connectivity index (χ1) is 6.99. The van der Waals surface area contributed by atoms with Gasteiger partial charge in [0.05, 0.1) is 18.8 Å². The van der Waals surface area contributed by atoms with Gasteiger partial charge in [-0.15, -0.1) is 0 Å². The standard InChI is InChI=1S/C10H22N2O3/c1-8(10(14)12(2)3)11-6-5-9(13)7-15-4/h8-9,11,13H,5-7H2,1-4H3. The second-order valence-electron chi connectivity index (χ2n) is 3.81. The van der Waals surface area contributed by atoms with Crippen molar-refractivity contribution in [2.24, 2.45) is 0 Å². The topological polar surface area (TPSA) is 61.8 Å². The molecule has 0 rings (SSSR count). The van der Waals surface area contributed by atoms with Crippen molar-refractivity contribution in [2.45, 2.75) is 25.5 Å². The number of aliphatic hydroxyl groups is 1. The molecule has 2 N–H and O–H groups in total. The molecule has 0 heterocycles. The van der Waals surface area contributed by atoms with Gasteiger partial charge in [-0.1, -0.05) is 0 Å². The second-order valence-corrected chi connectivity index (χ2v) is 3.81. The fraction of sp³-hybridized carbons (Fsp3) is 0.900. The lowest BCUT2D eigenvalue weighted by Gasteiger charge is -2.18. The van der Waals surface area contributed by atoms with E-state index in [2.05, 4.69) is 5.32 Å². The normalized spacial score (nSPS) is 14.7. The maximum Gasteiger partial charge on any atom is 0.238 e. The molecule has 2 unspecified atom stereocenters. The Morgan fingerprint density at radius 3 is 2.60 bits per heavy atom. The monoisotopic (exact) mass is 218 g/mol. The molecule has 90 valence electrons. The second kappa shape index (κ2) is 7.62. The van der Waals surface area contributed by atoms with Gasteiger partial charge in [0.25, 0.3) is 0 Å². The van der Waals surface area contributed by atoms with Crippen molar-refractivity contribution in [3.8, 4) is 0 Å². The van der Waals surface area contributed by atoms with Crippen LogP contribution in [0.5, 0.6) is 0 Å². The van der Waals surface area contributed by atoms with Gasteiger partial charge >= 0.3 is 0 Å². The summed E-state index contributed by atoms with van der Waals surface area (Å²) in [6.07, 6.45) is 0.114. The van der Waals surface area contributed by atoms with E-state index < -0.39 is 6.10 Å². The van der Waals surface area contributed by atoms with E-state index >= 15 is 0 Å². The molecule has 0 aromatic carbocycles. The van der Waals surface area contributed by atoms with Crippen molar-refractivity contribution in [2.75, 3.05) is 34.4 Å². The number of amides is 1. The quantitative estimate of drug-likeness (QED) is 0.602. The van der Waals surface area contributed by atoms with Crippen LogP contribution >= 0.6 is 0 Å². The highest BCUT2D eigenvalue weighted by Gasteiger charge is 2.14. The summed E-state index contributed by atoms with van der Waals surface area (Å²) in [5.74, 6) is 0.0382. The molecule has 0 aromatic rings. The van der Waals surface area contributed by atoms with E-state index in [-0.39, 0.29) is 11.9 Å². The number of likely N-dealkylation sites (N-methyl/N-ethyl adjacent to an activating group) is 1. The summed E-state index contributed by atoms with van der Waals surface area (Å²) in [6, 6.07) is -0.213. The van der Waals surface area contributed by atoms with Crippen LogP contribution < -0.4 is 5.32 Å². The highest BCUT2D eigenvalue weighted by Crippen LogP contribution is 1.93. The van der Waals surface area contributed by atoms with Gasteiger partial charge in [-0.2, -0.15) is 0 Å². The van der Waals surface area contributed by atoms with Crippen molar-refractivity contribution >= 4 is 5.91 Å². The molecule has 0 aliphatic heterocycles. The largest absolute Gasteiger partial charge is 0.391 e. The van der Waals surface area contributed by atoms with Crippen LogP contribution in [0.3, 0.4) is 0 Å². The first kappa shape index (κ1) is 14.3. The van der Waals surface area contributed by atoms with E-state index in [1.807, 2.05) is 6.92 Å². The molecule has 0 bridgehead atoms. The summed E-state index contributed by atoms with van der Waals surface area (Å²) in [5.41, 5.74) is 0. The van der Waals surface area contributed by atoms with Crippen molar-refractivity contribution < 1.29 is 14.6 Å². The van der Waals surface area contributed by atoms with Gasteiger partial charge in [0.2, 0.25) is 5.91 Å². The maximum absolute atomic E-state index is 11.4. The third kappa shape index (κ3) is 6.43. The number of hydrogen-bond donors (Lipinski definition) is 2. The van der Waals surface area contributed by atoms with Crippen LogP contribution in [0.4, 0.5) is 0 Å². The molecular formula is C10H22N2O3. The Morgan fingerprint density at radius 1 is 1.53 bits per heavy atom. The van der Waals surface area contributed by atoms with E-state index in [9.17, 15) is 9.90 Å². The third-order valence-electron chi connectivity index (χ3n) is 2.10. The number of ether oxygens (including phenoxy) is 1. The van der Waals surface area contributed by atoms with Crippen molar-refractivity contribution in [1.29, 1.82) is 0 Å². The smallest absolute Gasteiger partial charge is 0.238 e. The number of methoxy groups -OCH3 is 1. The Labute approximate surface area is 91.4 Å². The van der Waals surface area contributed by atoms with Gasteiger partial charge in [-0.05, 0) is 19.9 Å². The summed E-state index contributed by atoms with van der Waals surface area (Å²) in [4.78, 5) is 13.0. The molecule has 5 nitrogen and oxygen atoms in total. The molecule has 0 aromatic heterocycles. The van der Waals surface area contributed by atoms with Gasteiger partial charge in [0.1, 0.15) is 0 Å². The van der Waals surface area contributed by atoms with Crippen LogP contribution in [-0.2, 0) is 9.53 Å². The first-order valence-corrected chi connectivity index (χ1v) is 5.10. The zero-order valence-corrected chi connectivity index (χ0v) is 9.99. The minimum absolute atomic E-state index is 0.0382. The number of nitrogens with zero attached hydrogens (tertiary/aromatic N) is 1. The van der Waals surface area contributed by atoms with E-state index in [0.29, 0.717) is 19.6 Å². The van der Waals surface area contributed by atoms with E-state index in [1.165, 1.54) is 0 Å². The number of nitrogens with one attached hydrogen (secondary N) is 1. The Bertz CT molecular complexity index is 186. The zero-order chi connectivity index (χ0) is 11.8. The summed E-state index contributed by atoms with van der Waals surface area (Å²) in [7, 11) is 5.00. The summed E-state index contributed by atoms with van der Waals surface area (Å²) < 4.78 is 4.79. The summed E-state index contributed by atoms with van der Waals surface area (Å²) in [5, 5.41) is 12.4. The molecule has 0 spiro atoms. The first-order valence-electron chi connectivity index (χ1n) is 5.10. The molecule has 1 amide bonds. The average molecular weight is 218 g/mol. The molecule has 0 saturated carbocycles. The molecule has 0 aliphatic carbocycles. The number of rotatable bonds is 7. The molecule has 15 heavy (non-hydrogen) atoms. The fourth-order valence-electron chi connectivity index (χ4n) is 1.22. The van der Waals surface area contributed by atoms with Crippen molar-refractivity contribution in [3.63, 3.8) is 0 Å². The maximum atomic E-state index is 11.4. The van der Waals surface area contributed by atoms with Crippen LogP contribution in [0.25, 0.3) is 0 Å². The minimum Gasteiger partial charge on any atom is -0.391 e. The number of carbonyl (C=O) groups is 1. The lowest BCUT2D eigenvalue weighted by Crippen LogP contribution is -2.42. The Kier molecular flexibility index (Phi) is 7.29. The highest BCUT2D eigenvalue weighted by molar-refractivity contribution is 5.80. The molecule has 0 aliphatic rings. The third-order valence-corrected chi connectivity index (χ3v) is 2.10. The summed E-state index contributed by atoms with van der Waals surface area (Å²) >= 11 is 0. The molecule has 2 atom stereocenters. The van der Waals surface area contributed by atoms with E-state index in [4.69, 9.17) is 4.74 Å². The van der Waals surface area contributed by atoms with Gasteiger partial charge in [-0.3, -0.25) is 4.79 Å². The Hall–Kier alpha value is -0.650. The Morgan fingerprint density at radius 2 is 2.13 bits per heavy atom. The zero-order valence-electron chi connectivity index (χ0n) is 9.99. The lowest BCUT2D eigenvalue weighted by atomic mass is 10.2. The van der Waals surface area contributed by atoms with Crippen molar-refractivity contribution in [1.82, 2.24) is 10.2 Å². The van der Waals surface area contributed by atoms with Gasteiger partial charge in [0, 0.05) is 21.2 Å². The van der Waals surface area contributed by atoms with E-state index in [1.54, 1.807) is 26.1 Å². The highest BCUT2D eigenvalue weighted by atomic mass is 16.5. The van der Waals surface area contributed by atoms with Crippen LogP contribution in [-0.4, -0.2) is 62.4 Å². The molecule has 0 radical (unpaired) electrons. The number of hydrogen-bond acceptors (Lipinski definition) is 4. The molecule has 0 saturated heterocycles. The summed E-state index contributed by atoms with van der Waals surface area (Å²) in [6.45, 7) is 2.74. The molecular weight excluding hydrogens is 196 g/mol. The van der Waals surface area contributed by atoms with Crippen LogP contribution in [0.1, 0.15) is 13.3 Å². The SMILES string of the molecule is COCC(O)CCNC(C)C(=O)N(C)C. The van der Waals surface area contributed by atoms with Crippen LogP contribution in [0.15, 0.2) is 0 Å². The minimum atomic E-state index is -0.468. The average Bonchev–Trinajstić information content (AvgIpc) is 2.16. The Balaban J connectivity index is 3.63. The van der Waals surface area contributed by atoms with Crippen molar-refractivity contribution in [3.05, 3.63) is 0 Å². The number of carbonyl (C=O) groups excluding carboxylic acids is 1. The predicted molar refractivity (Wildman–Crippen MR) is 58.7 cm³/mol. The molecule has 0 fully saturated rings. The van der Waals surface area contributed by atoms with Crippen LogP contribution in [0.2, 0.25) is 0 Å². The van der Waals surface area contributed by atoms with Crippen LogP contribution in [0, 0.1) is 0 Å². The predicted octanol–water partition coefficient (Wildman–Crippen LogP) is -0.550. The van der Waals surface area contributed by atoms with E-state index in [0.717, 1.165) is 0 Å². The van der Waals surface area contributed by atoms with Gasteiger partial charge < -0.3 is 20.1 Å². The van der Waals surface area contributed by atoms with Gasteiger partial charge in [0.15, 0.2) is 0 Å². The lowest BCUT2D eigenvalue weighted by molar-refractivity contribution is -0.130. The van der Waals surface area contributed by atoms with Gasteiger partial charge in [-0.25, -0.2) is 0 Å². The fourth-order valence-corrected chi connectivity index (χ4v) is 1.22. The number of aliphatic hydroxyl groups excluding tert-OH is 1. The molecule has 5 heteroatoms.